The normalized spacial score (nSPS) is 25.1. The largest absolute Gasteiger partial charge is 0.338 e. The maximum atomic E-state index is 12.5. The lowest BCUT2D eigenvalue weighted by Crippen LogP contribution is -2.32. The van der Waals surface area contributed by atoms with Gasteiger partial charge in [-0.05, 0) is 24.0 Å². The highest BCUT2D eigenvalue weighted by atomic mass is 35.5. The lowest BCUT2D eigenvalue weighted by molar-refractivity contribution is 0.0782. The van der Waals surface area contributed by atoms with Crippen molar-refractivity contribution in [1.29, 1.82) is 0 Å². The van der Waals surface area contributed by atoms with Gasteiger partial charge in [0.2, 0.25) is 0 Å². The van der Waals surface area contributed by atoms with E-state index in [4.69, 9.17) is 23.2 Å². The first-order chi connectivity index (χ1) is 8.66. The Bertz CT molecular complexity index is 463. The van der Waals surface area contributed by atoms with Gasteiger partial charge in [-0.25, -0.2) is 0 Å². The molecular weight excluding hydrogens is 307 g/mol. The van der Waals surface area contributed by atoms with Crippen molar-refractivity contribution in [3.8, 4) is 0 Å². The topological polar surface area (TPSA) is 32.3 Å². The minimum absolute atomic E-state index is 0. The number of fused-ring (bicyclic) bond motifs is 1. The number of halogens is 3. The van der Waals surface area contributed by atoms with Gasteiger partial charge in [-0.1, -0.05) is 29.3 Å². The SMILES string of the molecule is Cl.O=C(c1c(Cl)cccc1Cl)N1C[C@H]2CNC[C@H]2C1. The second-order valence-corrected chi connectivity index (χ2v) is 5.80. The van der Waals surface area contributed by atoms with Crippen molar-refractivity contribution >= 4 is 41.5 Å². The molecule has 2 aliphatic rings. The zero-order valence-corrected chi connectivity index (χ0v) is 12.6. The van der Waals surface area contributed by atoms with Crippen LogP contribution in [0.4, 0.5) is 0 Å². The summed E-state index contributed by atoms with van der Waals surface area (Å²) in [7, 11) is 0. The fourth-order valence-corrected chi connectivity index (χ4v) is 3.44. The van der Waals surface area contributed by atoms with Crippen molar-refractivity contribution in [3.63, 3.8) is 0 Å². The Balaban J connectivity index is 0.00000133. The highest BCUT2D eigenvalue weighted by Gasteiger charge is 2.38. The van der Waals surface area contributed by atoms with Crippen molar-refractivity contribution in [1.82, 2.24) is 10.2 Å². The van der Waals surface area contributed by atoms with E-state index in [1.807, 2.05) is 4.90 Å². The smallest absolute Gasteiger partial charge is 0.256 e. The van der Waals surface area contributed by atoms with Gasteiger partial charge in [0, 0.05) is 26.2 Å². The van der Waals surface area contributed by atoms with Gasteiger partial charge in [0.15, 0.2) is 0 Å². The number of hydrogen-bond acceptors (Lipinski definition) is 2. The first-order valence-electron chi connectivity index (χ1n) is 6.11. The van der Waals surface area contributed by atoms with Crippen LogP contribution in [0.2, 0.25) is 10.0 Å². The first kappa shape index (κ1) is 14.9. The minimum atomic E-state index is -0.0417. The fraction of sp³-hybridized carbons (Fsp3) is 0.462. The zero-order valence-electron chi connectivity index (χ0n) is 10.2. The van der Waals surface area contributed by atoms with Gasteiger partial charge in [0.05, 0.1) is 15.6 Å². The second kappa shape index (κ2) is 5.88. The number of likely N-dealkylation sites (tertiary alicyclic amines) is 1. The molecule has 2 saturated heterocycles. The molecule has 6 heteroatoms. The third-order valence-corrected chi connectivity index (χ3v) is 4.48. The van der Waals surface area contributed by atoms with Crippen LogP contribution >= 0.6 is 35.6 Å². The monoisotopic (exact) mass is 320 g/mol. The van der Waals surface area contributed by atoms with Crippen LogP contribution in [0.15, 0.2) is 18.2 Å². The van der Waals surface area contributed by atoms with E-state index in [9.17, 15) is 4.79 Å². The lowest BCUT2D eigenvalue weighted by Gasteiger charge is -2.19. The summed E-state index contributed by atoms with van der Waals surface area (Å²) in [5.41, 5.74) is 0.439. The molecule has 1 aromatic rings. The maximum Gasteiger partial charge on any atom is 0.256 e. The van der Waals surface area contributed by atoms with Crippen LogP contribution in [-0.2, 0) is 0 Å². The Morgan fingerprint density at radius 1 is 1.16 bits per heavy atom. The predicted molar refractivity (Wildman–Crippen MR) is 79.5 cm³/mol. The van der Waals surface area contributed by atoms with Crippen LogP contribution in [0.3, 0.4) is 0 Å². The summed E-state index contributed by atoms with van der Waals surface area (Å²) in [6, 6.07) is 5.17. The van der Waals surface area contributed by atoms with Crippen molar-refractivity contribution < 1.29 is 4.79 Å². The maximum absolute atomic E-state index is 12.5. The van der Waals surface area contributed by atoms with Gasteiger partial charge >= 0.3 is 0 Å². The van der Waals surface area contributed by atoms with Crippen molar-refractivity contribution in [2.45, 2.75) is 0 Å². The lowest BCUT2D eigenvalue weighted by atomic mass is 10.0. The van der Waals surface area contributed by atoms with E-state index < -0.39 is 0 Å². The molecule has 2 heterocycles. The molecule has 0 unspecified atom stereocenters. The molecule has 104 valence electrons. The van der Waals surface area contributed by atoms with Crippen molar-refractivity contribution in [2.24, 2.45) is 11.8 Å². The molecule has 3 nitrogen and oxygen atoms in total. The number of benzene rings is 1. The van der Waals surface area contributed by atoms with Crippen molar-refractivity contribution in [3.05, 3.63) is 33.8 Å². The molecule has 19 heavy (non-hydrogen) atoms. The Hall–Kier alpha value is -0.480. The zero-order chi connectivity index (χ0) is 12.7. The van der Waals surface area contributed by atoms with Crippen LogP contribution in [-0.4, -0.2) is 37.0 Å². The molecular formula is C13H15Cl3N2O. The van der Waals surface area contributed by atoms with Gasteiger partial charge in [0.1, 0.15) is 0 Å². The fourth-order valence-electron chi connectivity index (χ4n) is 2.88. The molecule has 1 N–H and O–H groups in total. The average Bonchev–Trinajstić information content (AvgIpc) is 2.88. The summed E-state index contributed by atoms with van der Waals surface area (Å²) >= 11 is 12.2. The summed E-state index contributed by atoms with van der Waals surface area (Å²) in [6.07, 6.45) is 0. The average molecular weight is 322 g/mol. The van der Waals surface area contributed by atoms with E-state index in [-0.39, 0.29) is 18.3 Å². The second-order valence-electron chi connectivity index (χ2n) is 4.99. The quantitative estimate of drug-likeness (QED) is 0.862. The standard InChI is InChI=1S/C13H14Cl2N2O.ClH/c14-10-2-1-3-11(15)12(10)13(18)17-6-8-4-16-5-9(8)7-17;/h1-3,8-9,16H,4-7H2;1H/t8-,9+;. The third kappa shape index (κ3) is 2.70. The molecule has 0 aliphatic carbocycles. The van der Waals surface area contributed by atoms with E-state index in [0.717, 1.165) is 26.2 Å². The van der Waals surface area contributed by atoms with E-state index in [1.165, 1.54) is 0 Å². The van der Waals surface area contributed by atoms with Crippen LogP contribution in [0.25, 0.3) is 0 Å². The number of nitrogens with one attached hydrogen (secondary N) is 1. The molecule has 0 radical (unpaired) electrons. The Morgan fingerprint density at radius 2 is 1.68 bits per heavy atom. The summed E-state index contributed by atoms with van der Waals surface area (Å²) in [6.45, 7) is 3.62. The van der Waals surface area contributed by atoms with Gasteiger partial charge in [-0.3, -0.25) is 4.79 Å². The summed E-state index contributed by atoms with van der Waals surface area (Å²) in [4.78, 5) is 14.3. The van der Waals surface area contributed by atoms with Gasteiger partial charge in [-0.2, -0.15) is 0 Å². The number of rotatable bonds is 1. The van der Waals surface area contributed by atoms with E-state index in [2.05, 4.69) is 5.32 Å². The van der Waals surface area contributed by atoms with E-state index >= 15 is 0 Å². The highest BCUT2D eigenvalue weighted by molar-refractivity contribution is 6.39. The molecule has 3 rings (SSSR count). The molecule has 0 spiro atoms. The number of nitrogens with zero attached hydrogens (tertiary/aromatic N) is 1. The molecule has 0 bridgehead atoms. The highest BCUT2D eigenvalue weighted by Crippen LogP contribution is 2.31. The molecule has 1 aromatic carbocycles. The van der Waals surface area contributed by atoms with Crippen LogP contribution in [0, 0.1) is 11.8 Å². The number of amides is 1. The molecule has 1 amide bonds. The Morgan fingerprint density at radius 3 is 2.21 bits per heavy atom. The van der Waals surface area contributed by atoms with Gasteiger partial charge < -0.3 is 10.2 Å². The number of carbonyl (C=O) groups excluding carboxylic acids is 1. The van der Waals surface area contributed by atoms with Crippen LogP contribution in [0.5, 0.6) is 0 Å². The third-order valence-electron chi connectivity index (χ3n) is 3.85. The molecule has 2 fully saturated rings. The van der Waals surface area contributed by atoms with Crippen LogP contribution < -0.4 is 5.32 Å². The van der Waals surface area contributed by atoms with Crippen molar-refractivity contribution in [2.75, 3.05) is 26.2 Å². The van der Waals surface area contributed by atoms with Gasteiger partial charge in [-0.15, -0.1) is 12.4 Å². The number of carbonyl (C=O) groups is 1. The Labute approximate surface area is 128 Å². The molecule has 2 aliphatic heterocycles. The summed E-state index contributed by atoms with van der Waals surface area (Å²) in [5, 5.41) is 4.22. The predicted octanol–water partition coefficient (Wildman–Crippen LogP) is 2.71. The van der Waals surface area contributed by atoms with Crippen LogP contribution in [0.1, 0.15) is 10.4 Å². The molecule has 0 saturated carbocycles. The summed E-state index contributed by atoms with van der Waals surface area (Å²) < 4.78 is 0. The number of hydrogen-bond donors (Lipinski definition) is 1. The Kier molecular flexibility index (Phi) is 4.62. The van der Waals surface area contributed by atoms with E-state index in [1.54, 1.807) is 18.2 Å². The minimum Gasteiger partial charge on any atom is -0.338 e. The summed E-state index contributed by atoms with van der Waals surface area (Å²) in [5.74, 6) is 1.12. The molecule has 0 aromatic heterocycles. The van der Waals surface area contributed by atoms with Gasteiger partial charge in [0.25, 0.3) is 5.91 Å². The van der Waals surface area contributed by atoms with E-state index in [0.29, 0.717) is 27.4 Å². The first-order valence-corrected chi connectivity index (χ1v) is 6.86. The molecule has 2 atom stereocenters.